The third-order valence-electron chi connectivity index (χ3n) is 2.03. The molecule has 1 atom stereocenters. The highest BCUT2D eigenvalue weighted by Gasteiger charge is 2.36. The van der Waals surface area contributed by atoms with Gasteiger partial charge in [-0.15, -0.1) is 0 Å². The molecular formula is C13H10O2. The van der Waals surface area contributed by atoms with Crippen LogP contribution in [0.15, 0.2) is 36.3 Å². The Labute approximate surface area is 89.3 Å². The fourth-order valence-electron chi connectivity index (χ4n) is 1.36. The third-order valence-corrected chi connectivity index (χ3v) is 2.03. The Balaban J connectivity index is 2.02. The van der Waals surface area contributed by atoms with Gasteiger partial charge in [-0.3, -0.25) is 0 Å². The lowest BCUT2D eigenvalue weighted by Gasteiger charge is -2.20. The average Bonchev–Trinajstić information content (AvgIpc) is 2.85. The molecule has 74 valence electrons. The molecule has 0 radical (unpaired) electrons. The molecule has 0 saturated heterocycles. The molecule has 0 saturated carbocycles. The molecule has 2 aliphatic heterocycles. The minimum atomic E-state index is -0.607. The van der Waals surface area contributed by atoms with Gasteiger partial charge in [-0.1, -0.05) is 11.8 Å². The van der Waals surface area contributed by atoms with Crippen molar-refractivity contribution in [3.05, 3.63) is 36.3 Å². The number of hydrogen-bond donors (Lipinski definition) is 0. The van der Waals surface area contributed by atoms with E-state index in [4.69, 9.17) is 9.47 Å². The summed E-state index contributed by atoms with van der Waals surface area (Å²) in [4.78, 5) is 0. The van der Waals surface area contributed by atoms with E-state index < -0.39 is 5.79 Å². The van der Waals surface area contributed by atoms with Crippen molar-refractivity contribution >= 4 is 0 Å². The quantitative estimate of drug-likeness (QED) is 0.555. The molecule has 2 heterocycles. The Morgan fingerprint density at radius 2 is 2.40 bits per heavy atom. The number of rotatable bonds is 0. The van der Waals surface area contributed by atoms with E-state index in [0.717, 1.165) is 6.42 Å². The van der Waals surface area contributed by atoms with Gasteiger partial charge in [0.15, 0.2) is 0 Å². The van der Waals surface area contributed by atoms with E-state index in [1.807, 2.05) is 18.2 Å². The molecule has 0 N–H and O–H groups in total. The lowest BCUT2D eigenvalue weighted by molar-refractivity contribution is -0.115. The predicted molar refractivity (Wildman–Crippen MR) is 57.1 cm³/mol. The third kappa shape index (κ3) is 2.06. The molecule has 0 fully saturated rings. The second-order valence-electron chi connectivity index (χ2n) is 3.13. The highest BCUT2D eigenvalue weighted by Crippen LogP contribution is 2.34. The molecule has 2 aliphatic rings. The minimum absolute atomic E-state index is 0.607. The summed E-state index contributed by atoms with van der Waals surface area (Å²) < 4.78 is 11.0. The highest BCUT2D eigenvalue weighted by molar-refractivity contribution is 5.35. The van der Waals surface area contributed by atoms with Crippen LogP contribution in [0.1, 0.15) is 13.3 Å². The van der Waals surface area contributed by atoms with E-state index >= 15 is 0 Å². The molecular weight excluding hydrogens is 188 g/mol. The van der Waals surface area contributed by atoms with Crippen LogP contribution in [-0.2, 0) is 9.47 Å². The van der Waals surface area contributed by atoms with Crippen molar-refractivity contribution in [2.45, 2.75) is 19.1 Å². The van der Waals surface area contributed by atoms with E-state index in [-0.39, 0.29) is 0 Å². The largest absolute Gasteiger partial charge is 0.457 e. The van der Waals surface area contributed by atoms with Crippen LogP contribution in [0, 0.1) is 23.7 Å². The normalized spacial score (nSPS) is 27.9. The van der Waals surface area contributed by atoms with Crippen LogP contribution in [0.4, 0.5) is 0 Å². The summed E-state index contributed by atoms with van der Waals surface area (Å²) in [6, 6.07) is 0. The molecule has 2 heteroatoms. The van der Waals surface area contributed by atoms with Crippen LogP contribution < -0.4 is 0 Å². The molecule has 15 heavy (non-hydrogen) atoms. The Morgan fingerprint density at radius 3 is 3.13 bits per heavy atom. The molecule has 0 aromatic heterocycles. The van der Waals surface area contributed by atoms with Crippen LogP contribution in [0.2, 0.25) is 0 Å². The maximum Gasteiger partial charge on any atom is 0.274 e. The van der Waals surface area contributed by atoms with Gasteiger partial charge in [-0.25, -0.2) is 0 Å². The molecule has 0 aromatic rings. The van der Waals surface area contributed by atoms with E-state index in [1.165, 1.54) is 0 Å². The maximum absolute atomic E-state index is 5.60. The Hall–Kier alpha value is -2.06. The van der Waals surface area contributed by atoms with Crippen molar-refractivity contribution in [2.75, 3.05) is 0 Å². The van der Waals surface area contributed by atoms with Crippen LogP contribution in [0.5, 0.6) is 0 Å². The zero-order valence-corrected chi connectivity index (χ0v) is 8.41. The van der Waals surface area contributed by atoms with Gasteiger partial charge in [-0.2, -0.15) is 0 Å². The molecule has 1 spiro atoms. The van der Waals surface area contributed by atoms with Gasteiger partial charge in [0.1, 0.15) is 5.76 Å². The van der Waals surface area contributed by atoms with E-state index in [9.17, 15) is 0 Å². The van der Waals surface area contributed by atoms with Gasteiger partial charge in [0, 0.05) is 12.2 Å². The Bertz CT molecular complexity index is 450. The van der Waals surface area contributed by atoms with E-state index in [2.05, 4.69) is 23.7 Å². The first kappa shape index (κ1) is 9.49. The van der Waals surface area contributed by atoms with Crippen molar-refractivity contribution in [3.63, 3.8) is 0 Å². The molecule has 0 unspecified atom stereocenters. The second-order valence-corrected chi connectivity index (χ2v) is 3.13. The fraction of sp³-hybridized carbons (Fsp3) is 0.231. The van der Waals surface area contributed by atoms with E-state index in [0.29, 0.717) is 5.76 Å². The van der Waals surface area contributed by atoms with Crippen molar-refractivity contribution in [2.24, 2.45) is 0 Å². The molecule has 0 aliphatic carbocycles. The Morgan fingerprint density at radius 1 is 1.47 bits per heavy atom. The summed E-state index contributed by atoms with van der Waals surface area (Å²) in [7, 11) is 0. The first-order valence-corrected chi connectivity index (χ1v) is 4.68. The summed E-state index contributed by atoms with van der Waals surface area (Å²) in [5.74, 6) is 10.9. The molecule has 0 bridgehead atoms. The van der Waals surface area contributed by atoms with Gasteiger partial charge in [-0.05, 0) is 30.9 Å². The first-order valence-electron chi connectivity index (χ1n) is 4.68. The summed E-state index contributed by atoms with van der Waals surface area (Å²) in [6.45, 7) is 1.75. The average molecular weight is 198 g/mol. The van der Waals surface area contributed by atoms with Crippen LogP contribution in [0.3, 0.4) is 0 Å². The van der Waals surface area contributed by atoms with Gasteiger partial charge in [0.05, 0.1) is 12.7 Å². The van der Waals surface area contributed by atoms with Gasteiger partial charge in [0.2, 0.25) is 0 Å². The monoisotopic (exact) mass is 198 g/mol. The van der Waals surface area contributed by atoms with Gasteiger partial charge in [0.25, 0.3) is 5.79 Å². The van der Waals surface area contributed by atoms with Gasteiger partial charge >= 0.3 is 0 Å². The highest BCUT2D eigenvalue weighted by atomic mass is 16.7. The minimum Gasteiger partial charge on any atom is -0.457 e. The lowest BCUT2D eigenvalue weighted by atomic mass is 10.2. The fourth-order valence-corrected chi connectivity index (χ4v) is 1.36. The molecule has 2 rings (SSSR count). The second kappa shape index (κ2) is 3.98. The summed E-state index contributed by atoms with van der Waals surface area (Å²) >= 11 is 0. The number of ether oxygens (including phenoxy) is 2. The maximum atomic E-state index is 5.60. The van der Waals surface area contributed by atoms with Crippen molar-refractivity contribution < 1.29 is 9.47 Å². The van der Waals surface area contributed by atoms with Crippen LogP contribution in [0.25, 0.3) is 0 Å². The zero-order chi connectivity index (χ0) is 10.6. The topological polar surface area (TPSA) is 18.5 Å². The Kier molecular flexibility index (Phi) is 2.52. The standard InChI is InChI=1S/C13H10O2/c1-2-3-4-5-7-12-8-10-13(15-12)9-6-11-14-13/h6-8,10-11H,9H2,1H3/t13-/m1/s1. The number of allylic oxidation sites excluding steroid dienone is 2. The SMILES string of the molecule is CC#CC#CC=C1C=C[C@@]2(CC=CO2)O1. The molecule has 0 amide bonds. The van der Waals surface area contributed by atoms with Crippen LogP contribution in [-0.4, -0.2) is 5.79 Å². The smallest absolute Gasteiger partial charge is 0.274 e. The lowest BCUT2D eigenvalue weighted by Crippen LogP contribution is -2.24. The summed E-state index contributed by atoms with van der Waals surface area (Å²) in [5.41, 5.74) is 0. The van der Waals surface area contributed by atoms with Crippen molar-refractivity contribution in [1.29, 1.82) is 0 Å². The van der Waals surface area contributed by atoms with Crippen molar-refractivity contribution in [1.82, 2.24) is 0 Å². The molecule has 0 aromatic carbocycles. The molecule has 2 nitrogen and oxygen atoms in total. The zero-order valence-electron chi connectivity index (χ0n) is 8.41. The predicted octanol–water partition coefficient (Wildman–Crippen LogP) is 2.11. The van der Waals surface area contributed by atoms with Crippen LogP contribution >= 0.6 is 0 Å². The van der Waals surface area contributed by atoms with Gasteiger partial charge < -0.3 is 9.47 Å². The number of hydrogen-bond acceptors (Lipinski definition) is 2. The summed E-state index contributed by atoms with van der Waals surface area (Å²) in [6.07, 6.45) is 9.77. The van der Waals surface area contributed by atoms with E-state index in [1.54, 1.807) is 19.3 Å². The van der Waals surface area contributed by atoms with Crippen molar-refractivity contribution in [3.8, 4) is 23.7 Å². The first-order chi connectivity index (χ1) is 7.35. The summed E-state index contributed by atoms with van der Waals surface area (Å²) in [5, 5.41) is 0.